The molecule has 126 valence electrons. The van der Waals surface area contributed by atoms with E-state index in [2.05, 4.69) is 19.7 Å². The van der Waals surface area contributed by atoms with E-state index in [-0.39, 0.29) is 11.5 Å². The molecule has 0 fully saturated rings. The average molecular weight is 340 g/mol. The summed E-state index contributed by atoms with van der Waals surface area (Å²) in [6, 6.07) is 11.9. The number of rotatable bonds is 7. The molecule has 0 unspecified atom stereocenters. The molecule has 0 aliphatic rings. The maximum Gasteiger partial charge on any atom is 0.387 e. The van der Waals surface area contributed by atoms with Crippen molar-refractivity contribution >= 4 is 12.4 Å². The van der Waals surface area contributed by atoms with E-state index >= 15 is 0 Å². The molecule has 2 aromatic rings. The second kappa shape index (κ2) is 8.66. The van der Waals surface area contributed by atoms with E-state index in [4.69, 9.17) is 0 Å². The van der Waals surface area contributed by atoms with E-state index in [0.717, 1.165) is 0 Å². The Hall–Kier alpha value is -2.90. The van der Waals surface area contributed by atoms with Crippen molar-refractivity contribution in [1.82, 2.24) is 0 Å². The Labute approximate surface area is 135 Å². The van der Waals surface area contributed by atoms with Crippen molar-refractivity contribution in [3.8, 4) is 11.5 Å². The van der Waals surface area contributed by atoms with Gasteiger partial charge in [-0.3, -0.25) is 0 Å². The summed E-state index contributed by atoms with van der Waals surface area (Å²) in [5.41, 5.74) is 1.03. The van der Waals surface area contributed by atoms with Gasteiger partial charge in [-0.2, -0.15) is 27.8 Å². The first-order valence-corrected chi connectivity index (χ1v) is 6.69. The molecule has 0 bridgehead atoms. The fraction of sp³-hybridized carbons (Fsp3) is 0.125. The van der Waals surface area contributed by atoms with Crippen molar-refractivity contribution < 1.29 is 27.0 Å². The smallest absolute Gasteiger partial charge is 0.387 e. The van der Waals surface area contributed by atoms with Crippen LogP contribution in [0.1, 0.15) is 11.1 Å². The average Bonchev–Trinajstić information content (AvgIpc) is 2.51. The molecule has 24 heavy (non-hydrogen) atoms. The third-order valence-electron chi connectivity index (χ3n) is 2.65. The van der Waals surface area contributed by atoms with Crippen LogP contribution in [0.3, 0.4) is 0 Å². The van der Waals surface area contributed by atoms with Gasteiger partial charge in [0.2, 0.25) is 0 Å². The summed E-state index contributed by atoms with van der Waals surface area (Å²) in [6.07, 6.45) is 2.68. The van der Waals surface area contributed by atoms with Gasteiger partial charge in [0, 0.05) is 0 Å². The summed E-state index contributed by atoms with van der Waals surface area (Å²) in [4.78, 5) is 0. The number of halogens is 4. The van der Waals surface area contributed by atoms with E-state index in [0.29, 0.717) is 11.1 Å². The Balaban J connectivity index is 1.99. The first-order chi connectivity index (χ1) is 11.5. The highest BCUT2D eigenvalue weighted by molar-refractivity contribution is 5.83. The Morgan fingerprint density at radius 3 is 1.50 bits per heavy atom. The van der Waals surface area contributed by atoms with Crippen molar-refractivity contribution in [3.63, 3.8) is 0 Å². The van der Waals surface area contributed by atoms with Crippen molar-refractivity contribution in [3.05, 3.63) is 59.7 Å². The molecule has 0 aliphatic heterocycles. The monoisotopic (exact) mass is 340 g/mol. The lowest BCUT2D eigenvalue weighted by Crippen LogP contribution is -2.02. The summed E-state index contributed by atoms with van der Waals surface area (Å²) in [5, 5.41) is 7.52. The van der Waals surface area contributed by atoms with Crippen LogP contribution in [0.15, 0.2) is 58.7 Å². The number of benzene rings is 2. The summed E-state index contributed by atoms with van der Waals surface area (Å²) >= 11 is 0. The van der Waals surface area contributed by atoms with Crippen LogP contribution >= 0.6 is 0 Å². The minimum Gasteiger partial charge on any atom is -0.435 e. The van der Waals surface area contributed by atoms with Gasteiger partial charge in [-0.05, 0) is 35.4 Å². The van der Waals surface area contributed by atoms with Crippen molar-refractivity contribution in [2.75, 3.05) is 0 Å². The second-order valence-corrected chi connectivity index (χ2v) is 4.39. The summed E-state index contributed by atoms with van der Waals surface area (Å²) in [5.74, 6) is 0.0181. The molecule has 0 saturated heterocycles. The van der Waals surface area contributed by atoms with Gasteiger partial charge in [0.15, 0.2) is 0 Å². The normalized spacial score (nSPS) is 11.8. The topological polar surface area (TPSA) is 43.2 Å². The third-order valence-corrected chi connectivity index (χ3v) is 2.65. The van der Waals surface area contributed by atoms with Crippen LogP contribution in [0, 0.1) is 0 Å². The highest BCUT2D eigenvalue weighted by Crippen LogP contribution is 2.16. The Morgan fingerprint density at radius 2 is 1.12 bits per heavy atom. The van der Waals surface area contributed by atoms with Gasteiger partial charge < -0.3 is 9.47 Å². The van der Waals surface area contributed by atoms with Gasteiger partial charge in [-0.15, -0.1) is 0 Å². The molecule has 0 aliphatic carbocycles. The molecule has 0 amide bonds. The zero-order valence-corrected chi connectivity index (χ0v) is 12.2. The highest BCUT2D eigenvalue weighted by atomic mass is 19.3. The van der Waals surface area contributed by atoms with Gasteiger partial charge in [0.25, 0.3) is 0 Å². The van der Waals surface area contributed by atoms with Gasteiger partial charge in [-0.25, -0.2) is 0 Å². The molecule has 0 N–H and O–H groups in total. The molecule has 0 saturated carbocycles. The predicted molar refractivity (Wildman–Crippen MR) is 81.3 cm³/mol. The molecule has 0 heterocycles. The van der Waals surface area contributed by atoms with E-state index in [1.54, 1.807) is 12.1 Å². The summed E-state index contributed by atoms with van der Waals surface area (Å²) in [6.45, 7) is -5.81. The zero-order valence-electron chi connectivity index (χ0n) is 12.2. The van der Waals surface area contributed by atoms with Crippen LogP contribution < -0.4 is 9.47 Å². The number of hydrogen-bond donors (Lipinski definition) is 0. The predicted octanol–water partition coefficient (Wildman–Crippen LogP) is 4.34. The van der Waals surface area contributed by atoms with Crippen LogP contribution in [0.25, 0.3) is 0 Å². The number of hydrogen-bond acceptors (Lipinski definition) is 4. The van der Waals surface area contributed by atoms with Gasteiger partial charge in [0.1, 0.15) is 11.5 Å². The van der Waals surface area contributed by atoms with Crippen LogP contribution in [-0.2, 0) is 0 Å². The quantitative estimate of drug-likeness (QED) is 0.427. The van der Waals surface area contributed by atoms with Crippen LogP contribution in [0.5, 0.6) is 11.5 Å². The van der Waals surface area contributed by atoms with E-state index in [9.17, 15) is 17.6 Å². The largest absolute Gasteiger partial charge is 0.435 e. The van der Waals surface area contributed by atoms with Gasteiger partial charge in [-0.1, -0.05) is 24.3 Å². The van der Waals surface area contributed by atoms with Gasteiger partial charge >= 0.3 is 13.2 Å². The first-order valence-electron chi connectivity index (χ1n) is 6.69. The second-order valence-electron chi connectivity index (χ2n) is 4.39. The molecule has 0 aromatic heterocycles. The van der Waals surface area contributed by atoms with Crippen LogP contribution in [0.4, 0.5) is 17.6 Å². The highest BCUT2D eigenvalue weighted by Gasteiger charge is 2.04. The molecule has 0 radical (unpaired) electrons. The van der Waals surface area contributed by atoms with Crippen molar-refractivity contribution in [2.45, 2.75) is 13.2 Å². The molecule has 2 aromatic carbocycles. The number of nitrogens with zero attached hydrogens (tertiary/aromatic N) is 2. The lowest BCUT2D eigenvalue weighted by molar-refractivity contribution is -0.0505. The zero-order chi connectivity index (χ0) is 17.4. The molecular formula is C16H12F4N2O2. The molecule has 8 heteroatoms. The fourth-order valence-corrected chi connectivity index (χ4v) is 1.74. The standard InChI is InChI=1S/C16H12F4N2O2/c17-15(18)23-13-5-1-3-11(7-13)9-21-22-10-12-4-2-6-14(8-12)24-16(19)20/h1-10,15-16H. The SMILES string of the molecule is FC(F)Oc1cccc(C=NN=Cc2cccc(OC(F)F)c2)c1. The van der Waals surface area contributed by atoms with E-state index in [1.807, 2.05) is 0 Å². The van der Waals surface area contributed by atoms with Gasteiger partial charge in [0.05, 0.1) is 12.4 Å². The van der Waals surface area contributed by atoms with E-state index < -0.39 is 13.2 Å². The van der Waals surface area contributed by atoms with Crippen LogP contribution in [0.2, 0.25) is 0 Å². The van der Waals surface area contributed by atoms with Crippen molar-refractivity contribution in [2.24, 2.45) is 10.2 Å². The molecule has 4 nitrogen and oxygen atoms in total. The lowest BCUT2D eigenvalue weighted by atomic mass is 10.2. The Kier molecular flexibility index (Phi) is 6.30. The minimum atomic E-state index is -2.90. The molecule has 0 atom stereocenters. The number of ether oxygens (including phenoxy) is 2. The Morgan fingerprint density at radius 1 is 0.708 bits per heavy atom. The minimum absolute atomic E-state index is 0.00905. The molecule has 2 rings (SSSR count). The summed E-state index contributed by atoms with van der Waals surface area (Å²) in [7, 11) is 0. The maximum absolute atomic E-state index is 12.1. The number of alkyl halides is 4. The van der Waals surface area contributed by atoms with Crippen molar-refractivity contribution in [1.29, 1.82) is 0 Å². The fourth-order valence-electron chi connectivity index (χ4n) is 1.74. The lowest BCUT2D eigenvalue weighted by Gasteiger charge is -2.04. The summed E-state index contributed by atoms with van der Waals surface area (Å²) < 4.78 is 57.0. The third kappa shape index (κ3) is 6.07. The van der Waals surface area contributed by atoms with E-state index in [1.165, 1.54) is 48.8 Å². The first kappa shape index (κ1) is 17.5. The Bertz CT molecular complexity index is 659. The van der Waals surface area contributed by atoms with Crippen LogP contribution in [-0.4, -0.2) is 25.7 Å². The maximum atomic E-state index is 12.1. The molecule has 0 spiro atoms. The molecular weight excluding hydrogens is 328 g/mol.